The first-order chi connectivity index (χ1) is 18.6. The first-order valence-electron chi connectivity index (χ1n) is 12.8. The van der Waals surface area contributed by atoms with E-state index in [9.17, 15) is 4.79 Å². The zero-order valence-electron chi connectivity index (χ0n) is 20.9. The fraction of sp³-hybridized carbons (Fsp3) is 0.276. The van der Waals surface area contributed by atoms with Gasteiger partial charge in [-0.2, -0.15) is 0 Å². The van der Waals surface area contributed by atoms with E-state index in [1.54, 1.807) is 34.4 Å². The number of aryl methyl sites for hydroxylation is 1. The topological polar surface area (TPSA) is 63.5 Å². The van der Waals surface area contributed by atoms with E-state index in [-0.39, 0.29) is 12.2 Å². The molecule has 0 radical (unpaired) electrons. The molecule has 0 atom stereocenters. The summed E-state index contributed by atoms with van der Waals surface area (Å²) in [5.74, 6) is 0.525. The second-order valence-corrected chi connectivity index (χ2v) is 10.9. The van der Waals surface area contributed by atoms with Crippen molar-refractivity contribution in [3.8, 4) is 5.75 Å². The maximum absolute atomic E-state index is 12.9. The van der Waals surface area contributed by atoms with Crippen LogP contribution < -0.4 is 15.2 Å². The van der Waals surface area contributed by atoms with Crippen LogP contribution in [0.25, 0.3) is 11.8 Å². The molecule has 9 heteroatoms. The number of piperazine rings is 1. The van der Waals surface area contributed by atoms with E-state index in [1.807, 2.05) is 23.7 Å². The smallest absolute Gasteiger partial charge is 0.258 e. The largest absolute Gasteiger partial charge is 0.487 e. The van der Waals surface area contributed by atoms with Crippen molar-refractivity contribution in [1.29, 1.82) is 0 Å². The number of benzene rings is 1. The molecule has 194 valence electrons. The minimum absolute atomic E-state index is 0.102. The molecule has 0 saturated carbocycles. The highest BCUT2D eigenvalue weighted by Crippen LogP contribution is 2.28. The molecule has 0 N–H and O–H groups in total. The monoisotopic (exact) mass is 545 g/mol. The number of thiazole rings is 1. The van der Waals surface area contributed by atoms with Gasteiger partial charge in [0.15, 0.2) is 5.13 Å². The fourth-order valence-electron chi connectivity index (χ4n) is 4.98. The van der Waals surface area contributed by atoms with E-state index >= 15 is 0 Å². The van der Waals surface area contributed by atoms with Crippen LogP contribution in [-0.4, -0.2) is 45.6 Å². The molecule has 4 heterocycles. The van der Waals surface area contributed by atoms with Crippen molar-refractivity contribution in [1.82, 2.24) is 19.4 Å². The van der Waals surface area contributed by atoms with Crippen molar-refractivity contribution in [2.45, 2.75) is 26.0 Å². The van der Waals surface area contributed by atoms with Gasteiger partial charge in [-0.25, -0.2) is 4.98 Å². The van der Waals surface area contributed by atoms with Crippen LogP contribution in [0.1, 0.15) is 28.8 Å². The van der Waals surface area contributed by atoms with Gasteiger partial charge in [0.2, 0.25) is 0 Å². The normalized spacial score (nSPS) is 15.7. The van der Waals surface area contributed by atoms with Gasteiger partial charge >= 0.3 is 0 Å². The van der Waals surface area contributed by atoms with Crippen LogP contribution in [0.4, 0.5) is 5.13 Å². The molecule has 38 heavy (non-hydrogen) atoms. The van der Waals surface area contributed by atoms with Crippen molar-refractivity contribution in [2.24, 2.45) is 0 Å². The number of halogens is 1. The third-order valence-corrected chi connectivity index (χ3v) is 8.08. The van der Waals surface area contributed by atoms with E-state index in [1.165, 1.54) is 22.8 Å². The van der Waals surface area contributed by atoms with Crippen molar-refractivity contribution in [2.75, 3.05) is 31.1 Å². The Bertz CT molecular complexity index is 1490. The molecule has 0 amide bonds. The molecule has 1 aliphatic carbocycles. The summed E-state index contributed by atoms with van der Waals surface area (Å²) in [6.45, 7) is 5.35. The molecule has 4 aromatic rings. The lowest BCUT2D eigenvalue weighted by molar-refractivity contribution is 0.250. The number of rotatable bonds is 7. The molecule has 1 fully saturated rings. The lowest BCUT2D eigenvalue weighted by Crippen LogP contribution is -2.45. The molecule has 0 bridgehead atoms. The number of ether oxygens (including phenoxy) is 1. The zero-order valence-corrected chi connectivity index (χ0v) is 22.5. The van der Waals surface area contributed by atoms with Gasteiger partial charge in [-0.3, -0.25) is 19.2 Å². The van der Waals surface area contributed by atoms with Crippen LogP contribution in [0.2, 0.25) is 5.02 Å². The van der Waals surface area contributed by atoms with Crippen molar-refractivity contribution >= 4 is 39.8 Å². The van der Waals surface area contributed by atoms with E-state index in [0.717, 1.165) is 62.1 Å². The van der Waals surface area contributed by atoms with Crippen molar-refractivity contribution < 1.29 is 4.74 Å². The summed E-state index contributed by atoms with van der Waals surface area (Å²) < 4.78 is 7.48. The van der Waals surface area contributed by atoms with E-state index in [4.69, 9.17) is 16.3 Å². The number of pyridine rings is 2. The summed E-state index contributed by atoms with van der Waals surface area (Å²) in [6.07, 6.45) is 9.12. The van der Waals surface area contributed by atoms with Crippen LogP contribution in [0.15, 0.2) is 71.2 Å². The Balaban J connectivity index is 1.08. The SMILES string of the molecule is O=c1cc(OCc2ccc(Cl)cn2)ccn1C1=Cc2ccc(CN3CCN(c4nccs4)CC3)cc2CC1. The number of hydrogen-bond acceptors (Lipinski definition) is 7. The molecule has 2 aliphatic rings. The summed E-state index contributed by atoms with van der Waals surface area (Å²) in [5.41, 5.74) is 5.52. The van der Waals surface area contributed by atoms with Gasteiger partial charge in [0.1, 0.15) is 12.4 Å². The lowest BCUT2D eigenvalue weighted by Gasteiger charge is -2.34. The van der Waals surface area contributed by atoms with Gasteiger partial charge in [0.05, 0.1) is 10.7 Å². The first kappa shape index (κ1) is 24.9. The summed E-state index contributed by atoms with van der Waals surface area (Å²) >= 11 is 7.59. The number of allylic oxidation sites excluding steroid dienone is 1. The Morgan fingerprint density at radius 3 is 2.66 bits per heavy atom. The zero-order chi connectivity index (χ0) is 25.9. The summed E-state index contributed by atoms with van der Waals surface area (Å²) in [6, 6.07) is 13.7. The Morgan fingerprint density at radius 2 is 1.89 bits per heavy atom. The number of hydrogen-bond donors (Lipinski definition) is 0. The molecule has 0 unspecified atom stereocenters. The number of fused-ring (bicyclic) bond motifs is 1. The van der Waals surface area contributed by atoms with Crippen LogP contribution in [0.5, 0.6) is 5.75 Å². The Hall–Kier alpha value is -3.46. The van der Waals surface area contributed by atoms with E-state index in [2.05, 4.69) is 44.0 Å². The van der Waals surface area contributed by atoms with E-state index in [0.29, 0.717) is 10.8 Å². The summed E-state index contributed by atoms with van der Waals surface area (Å²) in [7, 11) is 0. The minimum atomic E-state index is -0.102. The van der Waals surface area contributed by atoms with Crippen molar-refractivity contribution in [3.05, 3.63) is 104 Å². The number of aromatic nitrogens is 3. The maximum atomic E-state index is 12.9. The highest BCUT2D eigenvalue weighted by Gasteiger charge is 2.20. The lowest BCUT2D eigenvalue weighted by atomic mass is 9.93. The molecule has 1 saturated heterocycles. The molecular formula is C29H28ClN5O2S. The Morgan fingerprint density at radius 1 is 1.00 bits per heavy atom. The van der Waals surface area contributed by atoms with Gasteiger partial charge in [0, 0.05) is 68.5 Å². The summed E-state index contributed by atoms with van der Waals surface area (Å²) in [4.78, 5) is 26.4. The molecule has 0 spiro atoms. The fourth-order valence-corrected chi connectivity index (χ4v) is 5.79. The maximum Gasteiger partial charge on any atom is 0.258 e. The van der Waals surface area contributed by atoms with Crippen molar-refractivity contribution in [3.63, 3.8) is 0 Å². The molecule has 6 rings (SSSR count). The average Bonchev–Trinajstić information content (AvgIpc) is 3.48. The second kappa shape index (κ2) is 11.1. The van der Waals surface area contributed by atoms with Crippen LogP contribution >= 0.6 is 22.9 Å². The molecule has 1 aliphatic heterocycles. The molecule has 7 nitrogen and oxygen atoms in total. The third kappa shape index (κ3) is 5.67. The van der Waals surface area contributed by atoms with Crippen LogP contribution in [-0.2, 0) is 19.6 Å². The first-order valence-corrected chi connectivity index (χ1v) is 14.0. The molecule has 3 aromatic heterocycles. The third-order valence-electron chi connectivity index (χ3n) is 7.02. The Kier molecular flexibility index (Phi) is 7.27. The van der Waals surface area contributed by atoms with Gasteiger partial charge in [-0.1, -0.05) is 29.8 Å². The Labute approximate surface area is 230 Å². The average molecular weight is 546 g/mol. The number of nitrogens with zero attached hydrogens (tertiary/aromatic N) is 5. The molecular weight excluding hydrogens is 518 g/mol. The van der Waals surface area contributed by atoms with Crippen LogP contribution in [0, 0.1) is 0 Å². The predicted octanol–water partition coefficient (Wildman–Crippen LogP) is 5.20. The highest BCUT2D eigenvalue weighted by molar-refractivity contribution is 7.13. The standard InChI is InChI=1S/C29H28ClN5O2S/c30-24-4-5-25(32-18-24)20-37-27-7-9-35(28(36)17-27)26-6-3-22-15-21(1-2-23(22)16-26)19-33-10-12-34(13-11-33)29-31-8-14-38-29/h1-2,4-5,7-9,14-18H,3,6,10-13,19-20H2. The number of anilines is 1. The highest BCUT2D eigenvalue weighted by atomic mass is 35.5. The van der Waals surface area contributed by atoms with Gasteiger partial charge in [-0.15, -0.1) is 11.3 Å². The summed E-state index contributed by atoms with van der Waals surface area (Å²) in [5, 5.41) is 3.74. The van der Waals surface area contributed by atoms with Gasteiger partial charge in [0.25, 0.3) is 5.56 Å². The van der Waals surface area contributed by atoms with Gasteiger partial charge < -0.3 is 9.64 Å². The predicted molar refractivity (Wildman–Crippen MR) is 153 cm³/mol. The minimum Gasteiger partial charge on any atom is -0.487 e. The van der Waals surface area contributed by atoms with E-state index < -0.39 is 0 Å². The quantitative estimate of drug-likeness (QED) is 0.318. The van der Waals surface area contributed by atoms with Crippen LogP contribution in [0.3, 0.4) is 0 Å². The second-order valence-electron chi connectivity index (χ2n) is 9.57. The van der Waals surface area contributed by atoms with Gasteiger partial charge in [-0.05, 0) is 53.8 Å². The molecule has 1 aromatic carbocycles.